The number of carbonyl (C=O) groups excluding carboxylic acids is 1. The molecule has 1 atom stereocenters. The Morgan fingerprint density at radius 1 is 1.42 bits per heavy atom. The van der Waals surface area contributed by atoms with Crippen LogP contribution < -0.4 is 5.32 Å². The van der Waals surface area contributed by atoms with Crippen LogP contribution in [0.5, 0.6) is 0 Å². The van der Waals surface area contributed by atoms with Crippen molar-refractivity contribution < 1.29 is 14.4 Å². The van der Waals surface area contributed by atoms with Crippen LogP contribution in [0.1, 0.15) is 25.2 Å². The molecule has 1 aliphatic rings. The van der Waals surface area contributed by atoms with E-state index in [2.05, 4.69) is 15.5 Å². The lowest BCUT2D eigenvalue weighted by Gasteiger charge is -2.34. The summed E-state index contributed by atoms with van der Waals surface area (Å²) in [6.45, 7) is 0.751. The molecule has 24 heavy (non-hydrogen) atoms. The molecular weight excluding hydrogens is 332 g/mol. The van der Waals surface area contributed by atoms with Gasteiger partial charge in [0.2, 0.25) is 11.7 Å². The number of halogens is 1. The second-order valence-corrected chi connectivity index (χ2v) is 6.08. The van der Waals surface area contributed by atoms with Gasteiger partial charge in [-0.15, -0.1) is 0 Å². The number of aliphatic hydroxyl groups is 1. The van der Waals surface area contributed by atoms with E-state index in [1.807, 2.05) is 12.1 Å². The highest BCUT2D eigenvalue weighted by atomic mass is 35.5. The number of piperidine rings is 1. The third-order valence-electron chi connectivity index (χ3n) is 4.07. The van der Waals surface area contributed by atoms with E-state index in [1.165, 1.54) is 0 Å². The molecule has 1 aromatic heterocycles. The van der Waals surface area contributed by atoms with Gasteiger partial charge in [-0.05, 0) is 31.4 Å². The summed E-state index contributed by atoms with van der Waals surface area (Å²) >= 11 is 6.11. The molecule has 2 aromatic rings. The number of aliphatic hydroxyl groups excluding tert-OH is 1. The topological polar surface area (TPSA) is 91.5 Å². The summed E-state index contributed by atoms with van der Waals surface area (Å²) in [7, 11) is 0. The first kappa shape index (κ1) is 16.7. The number of carbonyl (C=O) groups is 1. The summed E-state index contributed by atoms with van der Waals surface area (Å²) in [5, 5.41) is 16.6. The van der Waals surface area contributed by atoms with Crippen molar-refractivity contribution in [3.05, 3.63) is 35.2 Å². The van der Waals surface area contributed by atoms with Crippen molar-refractivity contribution in [3.63, 3.8) is 0 Å². The van der Waals surface area contributed by atoms with Gasteiger partial charge in [0.1, 0.15) is 0 Å². The molecule has 0 aliphatic carbocycles. The van der Waals surface area contributed by atoms with Gasteiger partial charge in [0.05, 0.1) is 24.2 Å². The third-order valence-corrected chi connectivity index (χ3v) is 4.40. The van der Waals surface area contributed by atoms with Crippen LogP contribution in [0.4, 0.5) is 4.79 Å². The van der Waals surface area contributed by atoms with E-state index in [-0.39, 0.29) is 25.2 Å². The Hall–Kier alpha value is -2.12. The maximum absolute atomic E-state index is 12.3. The van der Waals surface area contributed by atoms with E-state index in [4.69, 9.17) is 16.1 Å². The molecule has 3 rings (SSSR count). The number of nitrogens with zero attached hydrogens (tertiary/aromatic N) is 3. The monoisotopic (exact) mass is 350 g/mol. The average Bonchev–Trinajstić information content (AvgIpc) is 3.08. The molecule has 2 heterocycles. The van der Waals surface area contributed by atoms with Crippen molar-refractivity contribution in [2.45, 2.75) is 31.8 Å². The first-order chi connectivity index (χ1) is 11.7. The molecule has 0 radical (unpaired) electrons. The Kier molecular flexibility index (Phi) is 5.32. The van der Waals surface area contributed by atoms with Gasteiger partial charge in [-0.3, -0.25) is 0 Å². The summed E-state index contributed by atoms with van der Waals surface area (Å²) in [5.74, 6) is 0.687. The smallest absolute Gasteiger partial charge is 0.318 e. The van der Waals surface area contributed by atoms with Crippen LogP contribution in [-0.4, -0.2) is 45.4 Å². The zero-order chi connectivity index (χ0) is 16.9. The van der Waals surface area contributed by atoms with Crippen LogP contribution in [0.15, 0.2) is 28.8 Å². The van der Waals surface area contributed by atoms with Crippen molar-refractivity contribution in [2.24, 2.45) is 0 Å². The molecule has 1 aliphatic heterocycles. The van der Waals surface area contributed by atoms with E-state index in [1.54, 1.807) is 17.0 Å². The second-order valence-electron chi connectivity index (χ2n) is 5.68. The highest BCUT2D eigenvalue weighted by Crippen LogP contribution is 2.24. The van der Waals surface area contributed by atoms with Crippen LogP contribution in [0.2, 0.25) is 5.02 Å². The molecule has 2 N–H and O–H groups in total. The predicted molar refractivity (Wildman–Crippen MR) is 88.4 cm³/mol. The van der Waals surface area contributed by atoms with E-state index in [9.17, 15) is 9.90 Å². The summed E-state index contributed by atoms with van der Waals surface area (Å²) < 4.78 is 5.16. The number of urea groups is 1. The predicted octanol–water partition coefficient (Wildman–Crippen LogP) is 2.45. The first-order valence-corrected chi connectivity index (χ1v) is 8.29. The minimum Gasteiger partial charge on any atom is -0.394 e. The van der Waals surface area contributed by atoms with Crippen LogP contribution in [0.25, 0.3) is 11.4 Å². The fourth-order valence-electron chi connectivity index (χ4n) is 2.79. The number of rotatable bonds is 4. The number of benzene rings is 1. The summed E-state index contributed by atoms with van der Waals surface area (Å²) in [6.07, 6.45) is 2.79. The highest BCUT2D eigenvalue weighted by Gasteiger charge is 2.26. The van der Waals surface area contributed by atoms with Gasteiger partial charge < -0.3 is 19.8 Å². The molecule has 1 fully saturated rings. The molecule has 2 amide bonds. The van der Waals surface area contributed by atoms with E-state index in [0.29, 0.717) is 28.8 Å². The summed E-state index contributed by atoms with van der Waals surface area (Å²) in [4.78, 5) is 18.2. The van der Waals surface area contributed by atoms with Crippen molar-refractivity contribution in [2.75, 3.05) is 13.2 Å². The minimum atomic E-state index is -0.230. The lowest BCUT2D eigenvalue weighted by atomic mass is 10.0. The quantitative estimate of drug-likeness (QED) is 0.883. The molecule has 128 valence electrons. The zero-order valence-electron chi connectivity index (χ0n) is 13.1. The lowest BCUT2D eigenvalue weighted by Crippen LogP contribution is -2.49. The fourth-order valence-corrected chi connectivity index (χ4v) is 3.01. The van der Waals surface area contributed by atoms with Crippen molar-refractivity contribution in [3.8, 4) is 11.4 Å². The van der Waals surface area contributed by atoms with Crippen molar-refractivity contribution in [1.82, 2.24) is 20.4 Å². The number of aromatic nitrogens is 2. The van der Waals surface area contributed by atoms with Crippen LogP contribution in [0.3, 0.4) is 0 Å². The van der Waals surface area contributed by atoms with Crippen molar-refractivity contribution >= 4 is 17.6 Å². The van der Waals surface area contributed by atoms with Gasteiger partial charge in [-0.25, -0.2) is 4.79 Å². The number of hydrogen-bond acceptors (Lipinski definition) is 5. The lowest BCUT2D eigenvalue weighted by molar-refractivity contribution is 0.107. The van der Waals surface area contributed by atoms with Gasteiger partial charge in [-0.2, -0.15) is 4.98 Å². The van der Waals surface area contributed by atoms with Gasteiger partial charge >= 0.3 is 6.03 Å². The van der Waals surface area contributed by atoms with Gasteiger partial charge in [0.15, 0.2) is 0 Å². The standard InChI is InChI=1S/C16H19ClN4O3/c17-13-7-2-1-6-12(13)15-19-14(24-20-15)9-18-16(23)21-8-4-3-5-11(21)10-22/h1-2,6-7,11,22H,3-5,8-10H2,(H,18,23). The average molecular weight is 351 g/mol. The Balaban J connectivity index is 1.61. The maximum atomic E-state index is 12.3. The first-order valence-electron chi connectivity index (χ1n) is 7.92. The van der Waals surface area contributed by atoms with E-state index < -0.39 is 0 Å². The summed E-state index contributed by atoms with van der Waals surface area (Å²) in [5.41, 5.74) is 0.678. The molecule has 7 nitrogen and oxygen atoms in total. The molecule has 1 unspecified atom stereocenters. The molecule has 8 heteroatoms. The molecular formula is C16H19ClN4O3. The number of hydrogen-bond donors (Lipinski definition) is 2. The van der Waals surface area contributed by atoms with Gasteiger partial charge in [0, 0.05) is 12.1 Å². The SMILES string of the molecule is O=C(NCc1nc(-c2ccccc2Cl)no1)N1CCCCC1CO. The maximum Gasteiger partial charge on any atom is 0.318 e. The normalized spacial score (nSPS) is 17.8. The molecule has 0 bridgehead atoms. The van der Waals surface area contributed by atoms with Crippen LogP contribution in [0, 0.1) is 0 Å². The Morgan fingerprint density at radius 2 is 2.25 bits per heavy atom. The van der Waals surface area contributed by atoms with Crippen LogP contribution in [-0.2, 0) is 6.54 Å². The molecule has 1 aromatic carbocycles. The highest BCUT2D eigenvalue weighted by molar-refractivity contribution is 6.33. The zero-order valence-corrected chi connectivity index (χ0v) is 13.9. The minimum absolute atomic E-state index is 0.0232. The van der Waals surface area contributed by atoms with Gasteiger partial charge in [0.25, 0.3) is 0 Å². The largest absolute Gasteiger partial charge is 0.394 e. The van der Waals surface area contributed by atoms with E-state index >= 15 is 0 Å². The number of amides is 2. The summed E-state index contributed by atoms with van der Waals surface area (Å²) in [6, 6.07) is 6.86. The molecule has 1 saturated heterocycles. The third kappa shape index (κ3) is 3.68. The van der Waals surface area contributed by atoms with Crippen molar-refractivity contribution in [1.29, 1.82) is 0 Å². The molecule has 0 saturated carbocycles. The Bertz CT molecular complexity index is 706. The Labute approximate surface area is 144 Å². The number of nitrogens with one attached hydrogen (secondary N) is 1. The van der Waals surface area contributed by atoms with Crippen LogP contribution >= 0.6 is 11.6 Å². The fraction of sp³-hybridized carbons (Fsp3) is 0.438. The van der Waals surface area contributed by atoms with Gasteiger partial charge in [-0.1, -0.05) is 28.9 Å². The number of likely N-dealkylation sites (tertiary alicyclic amines) is 1. The molecule has 0 spiro atoms. The Morgan fingerprint density at radius 3 is 3.04 bits per heavy atom. The van der Waals surface area contributed by atoms with E-state index in [0.717, 1.165) is 19.3 Å². The second kappa shape index (κ2) is 7.63.